The summed E-state index contributed by atoms with van der Waals surface area (Å²) in [6.07, 6.45) is 3.51. The average Bonchev–Trinajstić information content (AvgIpc) is 2.92. The van der Waals surface area contributed by atoms with Crippen LogP contribution >= 0.6 is 27.7 Å². The predicted octanol–water partition coefficient (Wildman–Crippen LogP) is 2.68. The molecular formula is C16H19BrN4O2S. The highest BCUT2D eigenvalue weighted by atomic mass is 79.9. The van der Waals surface area contributed by atoms with Crippen LogP contribution in [0.5, 0.6) is 0 Å². The molecule has 0 fully saturated rings. The zero-order valence-corrected chi connectivity index (χ0v) is 16.1. The Bertz CT molecular complexity index is 747. The number of rotatable bonds is 6. The minimum Gasteiger partial charge on any atom is -0.336 e. The Hall–Kier alpha value is -1.80. The molecule has 1 heterocycles. The van der Waals surface area contributed by atoms with Crippen LogP contribution in [0.3, 0.4) is 0 Å². The Labute approximate surface area is 153 Å². The van der Waals surface area contributed by atoms with E-state index in [0.29, 0.717) is 0 Å². The van der Waals surface area contributed by atoms with Gasteiger partial charge in [0.05, 0.1) is 12.3 Å². The maximum Gasteiger partial charge on any atom is 0.243 e. The molecule has 0 atom stereocenters. The molecule has 0 saturated heterocycles. The normalized spacial score (nSPS) is 10.5. The molecule has 2 rings (SSSR count). The van der Waals surface area contributed by atoms with Gasteiger partial charge in [-0.3, -0.25) is 9.59 Å². The number of hydrogen-bond donors (Lipinski definition) is 1. The third kappa shape index (κ3) is 5.10. The van der Waals surface area contributed by atoms with Gasteiger partial charge >= 0.3 is 0 Å². The van der Waals surface area contributed by atoms with Crippen LogP contribution < -0.4 is 5.32 Å². The lowest BCUT2D eigenvalue weighted by Crippen LogP contribution is -2.36. The van der Waals surface area contributed by atoms with Gasteiger partial charge in [-0.15, -0.1) is 0 Å². The summed E-state index contributed by atoms with van der Waals surface area (Å²) in [5.74, 6) is -0.102. The molecule has 0 saturated carbocycles. The molecule has 0 aliphatic heterocycles. The first-order valence-electron chi connectivity index (χ1n) is 7.27. The lowest BCUT2D eigenvalue weighted by molar-refractivity contribution is -0.131. The first kappa shape index (κ1) is 18.5. The smallest absolute Gasteiger partial charge is 0.243 e. The van der Waals surface area contributed by atoms with Crippen LogP contribution in [0, 0.1) is 6.92 Å². The third-order valence-electron chi connectivity index (χ3n) is 3.37. The van der Waals surface area contributed by atoms with Gasteiger partial charge in [0.1, 0.15) is 0 Å². The molecule has 0 radical (unpaired) electrons. The molecule has 1 aromatic carbocycles. The Morgan fingerprint density at radius 2 is 2.17 bits per heavy atom. The molecule has 0 bridgehead atoms. The number of aryl methyl sites for hydroxylation is 2. The van der Waals surface area contributed by atoms with Crippen LogP contribution in [-0.4, -0.2) is 45.6 Å². The summed E-state index contributed by atoms with van der Waals surface area (Å²) in [6, 6.07) is 5.62. The Morgan fingerprint density at radius 1 is 1.42 bits per heavy atom. The number of hydrogen-bond acceptors (Lipinski definition) is 4. The molecule has 8 heteroatoms. The number of aromatic nitrogens is 2. The number of likely N-dealkylation sites (N-methyl/N-ethyl adjacent to an activating group) is 1. The molecule has 2 aromatic rings. The molecule has 2 amide bonds. The largest absolute Gasteiger partial charge is 0.336 e. The Morgan fingerprint density at radius 3 is 2.79 bits per heavy atom. The van der Waals surface area contributed by atoms with Crippen LogP contribution in [0.1, 0.15) is 5.56 Å². The second kappa shape index (κ2) is 8.34. The average molecular weight is 411 g/mol. The first-order valence-corrected chi connectivity index (χ1v) is 9.04. The lowest BCUT2D eigenvalue weighted by atomic mass is 10.2. The molecule has 0 spiro atoms. The minimum absolute atomic E-state index is 0.00939. The van der Waals surface area contributed by atoms with Crippen molar-refractivity contribution in [3.8, 4) is 0 Å². The van der Waals surface area contributed by atoms with Gasteiger partial charge in [-0.1, -0.05) is 27.7 Å². The number of thioether (sulfide) groups is 1. The zero-order chi connectivity index (χ0) is 17.7. The number of halogens is 1. The van der Waals surface area contributed by atoms with E-state index in [1.807, 2.05) is 42.9 Å². The van der Waals surface area contributed by atoms with E-state index in [4.69, 9.17) is 0 Å². The first-order chi connectivity index (χ1) is 11.4. The van der Waals surface area contributed by atoms with Crippen molar-refractivity contribution >= 4 is 45.2 Å². The van der Waals surface area contributed by atoms with Crippen LogP contribution in [0.15, 0.2) is 40.2 Å². The van der Waals surface area contributed by atoms with Crippen molar-refractivity contribution in [3.05, 3.63) is 40.6 Å². The highest BCUT2D eigenvalue weighted by Gasteiger charge is 2.15. The number of anilines is 1. The predicted molar refractivity (Wildman–Crippen MR) is 99.1 cm³/mol. The van der Waals surface area contributed by atoms with E-state index in [9.17, 15) is 9.59 Å². The molecule has 0 aliphatic carbocycles. The van der Waals surface area contributed by atoms with Gasteiger partial charge in [0.2, 0.25) is 11.8 Å². The van der Waals surface area contributed by atoms with E-state index in [2.05, 4.69) is 26.2 Å². The molecule has 128 valence electrons. The third-order valence-corrected chi connectivity index (χ3v) is 4.91. The van der Waals surface area contributed by atoms with Crippen LogP contribution in [0.4, 0.5) is 5.69 Å². The van der Waals surface area contributed by atoms with E-state index in [1.54, 1.807) is 13.2 Å². The molecular weight excluding hydrogens is 392 g/mol. The van der Waals surface area contributed by atoms with E-state index >= 15 is 0 Å². The number of imidazole rings is 1. The SMILES string of the molecule is Cc1cc(Br)ccc1NC(=O)CN(C)C(=O)CSc1nccn1C. The standard InChI is InChI=1S/C16H19BrN4O2S/c1-11-8-12(17)4-5-13(11)19-14(22)9-21(3)15(23)10-24-16-18-6-7-20(16)2/h4-8H,9-10H2,1-3H3,(H,19,22). The number of carbonyl (C=O) groups is 2. The summed E-state index contributed by atoms with van der Waals surface area (Å²) < 4.78 is 2.80. The van der Waals surface area contributed by atoms with Crippen LogP contribution in [-0.2, 0) is 16.6 Å². The second-order valence-corrected chi connectivity index (χ2v) is 7.22. The van der Waals surface area contributed by atoms with Crippen molar-refractivity contribution < 1.29 is 9.59 Å². The highest BCUT2D eigenvalue weighted by molar-refractivity contribution is 9.10. The number of nitrogens with zero attached hydrogens (tertiary/aromatic N) is 3. The maximum absolute atomic E-state index is 12.1. The summed E-state index contributed by atoms with van der Waals surface area (Å²) in [4.78, 5) is 29.8. The van der Waals surface area contributed by atoms with Gasteiger partial charge < -0.3 is 14.8 Å². The van der Waals surface area contributed by atoms with Crippen molar-refractivity contribution in [2.45, 2.75) is 12.1 Å². The molecule has 1 N–H and O–H groups in total. The van der Waals surface area contributed by atoms with Gasteiger partial charge in [0.15, 0.2) is 5.16 Å². The number of amides is 2. The molecule has 1 aromatic heterocycles. The maximum atomic E-state index is 12.1. The summed E-state index contributed by atoms with van der Waals surface area (Å²) >= 11 is 4.73. The zero-order valence-electron chi connectivity index (χ0n) is 13.7. The van der Waals surface area contributed by atoms with E-state index in [0.717, 1.165) is 20.9 Å². The fourth-order valence-electron chi connectivity index (χ4n) is 1.99. The topological polar surface area (TPSA) is 67.2 Å². The fraction of sp³-hybridized carbons (Fsp3) is 0.312. The lowest BCUT2D eigenvalue weighted by Gasteiger charge is -2.17. The van der Waals surface area contributed by atoms with Gasteiger partial charge in [-0.05, 0) is 30.7 Å². The minimum atomic E-state index is -0.224. The molecule has 0 unspecified atom stereocenters. The quantitative estimate of drug-likeness (QED) is 0.743. The Balaban J connectivity index is 1.84. The van der Waals surface area contributed by atoms with Crippen molar-refractivity contribution in [1.82, 2.24) is 14.5 Å². The number of benzene rings is 1. The van der Waals surface area contributed by atoms with E-state index < -0.39 is 0 Å². The highest BCUT2D eigenvalue weighted by Crippen LogP contribution is 2.20. The molecule has 24 heavy (non-hydrogen) atoms. The summed E-state index contributed by atoms with van der Waals surface area (Å²) in [6.45, 7) is 1.92. The van der Waals surface area contributed by atoms with Crippen LogP contribution in [0.2, 0.25) is 0 Å². The van der Waals surface area contributed by atoms with Gasteiger partial charge in [0, 0.05) is 36.6 Å². The Kier molecular flexibility index (Phi) is 6.44. The summed E-state index contributed by atoms with van der Waals surface area (Å²) in [5, 5.41) is 3.60. The number of nitrogens with one attached hydrogen (secondary N) is 1. The summed E-state index contributed by atoms with van der Waals surface area (Å²) in [7, 11) is 3.49. The summed E-state index contributed by atoms with van der Waals surface area (Å²) in [5.41, 5.74) is 1.70. The van der Waals surface area contributed by atoms with Crippen molar-refractivity contribution in [2.24, 2.45) is 7.05 Å². The van der Waals surface area contributed by atoms with E-state index in [1.165, 1.54) is 16.7 Å². The van der Waals surface area contributed by atoms with Crippen LogP contribution in [0.25, 0.3) is 0 Å². The molecule has 6 nitrogen and oxygen atoms in total. The van der Waals surface area contributed by atoms with Crippen molar-refractivity contribution in [1.29, 1.82) is 0 Å². The van der Waals surface area contributed by atoms with Gasteiger partial charge in [-0.25, -0.2) is 4.98 Å². The second-order valence-electron chi connectivity index (χ2n) is 5.37. The number of carbonyl (C=O) groups excluding carboxylic acids is 2. The van der Waals surface area contributed by atoms with E-state index in [-0.39, 0.29) is 24.1 Å². The van der Waals surface area contributed by atoms with Gasteiger partial charge in [0.25, 0.3) is 0 Å². The monoisotopic (exact) mass is 410 g/mol. The molecule has 0 aliphatic rings. The van der Waals surface area contributed by atoms with Gasteiger partial charge in [-0.2, -0.15) is 0 Å². The fourth-order valence-corrected chi connectivity index (χ4v) is 3.34. The van der Waals surface area contributed by atoms with Crippen molar-refractivity contribution in [2.75, 3.05) is 24.7 Å². The van der Waals surface area contributed by atoms with Crippen molar-refractivity contribution in [3.63, 3.8) is 0 Å².